The van der Waals surface area contributed by atoms with E-state index in [1.165, 1.54) is 77.0 Å². The Kier molecular flexibility index (Phi) is 49.1. The quantitative estimate of drug-likeness (QED) is 0.0262. The van der Waals surface area contributed by atoms with E-state index in [-0.39, 0.29) is 50.4 Å². The van der Waals surface area contributed by atoms with Gasteiger partial charge in [-0.2, -0.15) is 0 Å². The van der Waals surface area contributed by atoms with Crippen LogP contribution >= 0.6 is 0 Å². The maximum atomic E-state index is 12.8. The first-order chi connectivity index (χ1) is 32.0. The van der Waals surface area contributed by atoms with Crippen LogP contribution < -0.4 is 0 Å². The summed E-state index contributed by atoms with van der Waals surface area (Å²) in [6.07, 6.45) is 71.9. The number of allylic oxidation sites excluding steroid dienone is 20. The Balaban J connectivity index is 4.63. The minimum Gasteiger partial charge on any atom is -0.462 e. The third-order valence-corrected chi connectivity index (χ3v) is 10.4. The van der Waals surface area contributed by atoms with E-state index in [0.29, 0.717) is 19.3 Å². The summed E-state index contributed by atoms with van der Waals surface area (Å²) in [6.45, 7) is 6.42. The average molecular weight is 899 g/mol. The summed E-state index contributed by atoms with van der Waals surface area (Å²) in [5, 5.41) is 0. The molecule has 0 saturated carbocycles. The van der Waals surface area contributed by atoms with Crippen LogP contribution in [0.2, 0.25) is 0 Å². The highest BCUT2D eigenvalue weighted by molar-refractivity contribution is 5.71. The van der Waals surface area contributed by atoms with Crippen molar-refractivity contribution in [3.05, 3.63) is 122 Å². The van der Waals surface area contributed by atoms with Gasteiger partial charge in [-0.1, -0.05) is 181 Å². The summed E-state index contributed by atoms with van der Waals surface area (Å²) in [4.78, 5) is 38.0. The number of unbranched alkanes of at least 4 members (excludes halogenated alkanes) is 14. The summed E-state index contributed by atoms with van der Waals surface area (Å²) in [5.41, 5.74) is 0. The third kappa shape index (κ3) is 50.7. The predicted octanol–water partition coefficient (Wildman–Crippen LogP) is 17.3. The van der Waals surface area contributed by atoms with E-state index >= 15 is 0 Å². The van der Waals surface area contributed by atoms with Gasteiger partial charge in [0.1, 0.15) is 13.2 Å². The standard InChI is InChI=1S/C59H94O6/c1-4-7-10-13-16-19-22-25-28-29-32-35-38-41-44-47-50-53-59(62)65-56(54-63-57(60)51-48-45-42-39-36-33-30-26-23-20-17-14-11-8-5-2)55-64-58(61)52-49-46-43-40-37-34-31-27-24-21-18-15-12-9-6-3/h16-21,25-28,30-32,35-37,39-41,44,56H,4-15,22-24,29,33-34,38,42-43,45-55H2,1-3H3/b19-16-,20-17-,21-18-,28-25-,30-26-,31-27-,35-32-,39-36-,40-37-,44-41-. The van der Waals surface area contributed by atoms with E-state index in [4.69, 9.17) is 14.2 Å². The molecule has 0 saturated heterocycles. The predicted molar refractivity (Wildman–Crippen MR) is 279 cm³/mol. The molecule has 0 aromatic carbocycles. The molecule has 366 valence electrons. The molecule has 0 radical (unpaired) electrons. The molecule has 0 aromatic heterocycles. The second kappa shape index (κ2) is 52.4. The maximum absolute atomic E-state index is 12.8. The molecule has 0 amide bonds. The zero-order chi connectivity index (χ0) is 47.2. The van der Waals surface area contributed by atoms with Crippen LogP contribution in [-0.4, -0.2) is 37.2 Å². The van der Waals surface area contributed by atoms with Crippen LogP contribution in [0.4, 0.5) is 0 Å². The van der Waals surface area contributed by atoms with Gasteiger partial charge in [0, 0.05) is 19.3 Å². The normalized spacial score (nSPS) is 12.7. The number of hydrogen-bond donors (Lipinski definition) is 0. The summed E-state index contributed by atoms with van der Waals surface area (Å²) < 4.78 is 16.7. The largest absolute Gasteiger partial charge is 0.462 e. The summed E-state index contributed by atoms with van der Waals surface area (Å²) in [7, 11) is 0. The molecule has 0 aromatic rings. The lowest BCUT2D eigenvalue weighted by atomic mass is 10.1. The first-order valence-corrected chi connectivity index (χ1v) is 26.0. The third-order valence-electron chi connectivity index (χ3n) is 10.4. The van der Waals surface area contributed by atoms with E-state index < -0.39 is 6.10 Å². The molecular weight excluding hydrogens is 805 g/mol. The van der Waals surface area contributed by atoms with Crippen LogP contribution in [0, 0.1) is 0 Å². The van der Waals surface area contributed by atoms with Crippen LogP contribution in [0.5, 0.6) is 0 Å². The summed E-state index contributed by atoms with van der Waals surface area (Å²) in [5.74, 6) is -1.07. The van der Waals surface area contributed by atoms with Crippen molar-refractivity contribution in [1.29, 1.82) is 0 Å². The molecule has 6 heteroatoms. The Morgan fingerprint density at radius 3 is 0.846 bits per heavy atom. The molecule has 0 spiro atoms. The van der Waals surface area contributed by atoms with Gasteiger partial charge >= 0.3 is 17.9 Å². The Labute approximate surface area is 399 Å². The van der Waals surface area contributed by atoms with Gasteiger partial charge in [0.15, 0.2) is 6.10 Å². The number of rotatable bonds is 45. The van der Waals surface area contributed by atoms with Crippen molar-refractivity contribution in [3.8, 4) is 0 Å². The lowest BCUT2D eigenvalue weighted by Crippen LogP contribution is -2.30. The van der Waals surface area contributed by atoms with Crippen molar-refractivity contribution in [1.82, 2.24) is 0 Å². The average Bonchev–Trinajstić information content (AvgIpc) is 3.30. The topological polar surface area (TPSA) is 78.9 Å². The molecule has 0 aliphatic heterocycles. The highest BCUT2D eigenvalue weighted by Crippen LogP contribution is 2.10. The SMILES string of the molecule is CCCCC/C=C\C/C=C\C/C=C\C/C=C\CCCC(=O)OC(COC(=O)CCCC/C=C\C/C=C\C/C=C\CCCCC)COC(=O)CCCC/C=C\C/C=C\C/C=C\CCCCC. The van der Waals surface area contributed by atoms with Crippen molar-refractivity contribution in [3.63, 3.8) is 0 Å². The summed E-state index contributed by atoms with van der Waals surface area (Å²) >= 11 is 0. The van der Waals surface area contributed by atoms with E-state index in [1.54, 1.807) is 0 Å². The van der Waals surface area contributed by atoms with Crippen molar-refractivity contribution in [2.45, 2.75) is 219 Å². The van der Waals surface area contributed by atoms with Gasteiger partial charge in [0.2, 0.25) is 0 Å². The summed E-state index contributed by atoms with van der Waals surface area (Å²) in [6, 6.07) is 0. The van der Waals surface area contributed by atoms with Gasteiger partial charge in [0.25, 0.3) is 0 Å². The van der Waals surface area contributed by atoms with Gasteiger partial charge < -0.3 is 14.2 Å². The van der Waals surface area contributed by atoms with Gasteiger partial charge in [-0.15, -0.1) is 0 Å². The molecule has 0 fully saturated rings. The monoisotopic (exact) mass is 899 g/mol. The van der Waals surface area contributed by atoms with Crippen molar-refractivity contribution in [2.24, 2.45) is 0 Å². The molecule has 0 aliphatic carbocycles. The molecule has 0 heterocycles. The Hall–Kier alpha value is -4.19. The Morgan fingerprint density at radius 2 is 0.554 bits per heavy atom. The lowest BCUT2D eigenvalue weighted by molar-refractivity contribution is -0.167. The van der Waals surface area contributed by atoms with Crippen molar-refractivity contribution >= 4 is 17.9 Å². The van der Waals surface area contributed by atoms with E-state index in [9.17, 15) is 14.4 Å². The van der Waals surface area contributed by atoms with E-state index in [1.807, 2.05) is 0 Å². The zero-order valence-corrected chi connectivity index (χ0v) is 41.7. The van der Waals surface area contributed by atoms with Crippen LogP contribution in [0.25, 0.3) is 0 Å². The molecule has 0 rings (SSSR count). The number of carbonyl (C=O) groups is 3. The molecular formula is C59H94O6. The van der Waals surface area contributed by atoms with Gasteiger partial charge in [-0.25, -0.2) is 0 Å². The molecule has 0 bridgehead atoms. The van der Waals surface area contributed by atoms with Gasteiger partial charge in [-0.05, 0) is 135 Å². The minimum atomic E-state index is -0.841. The number of esters is 3. The smallest absolute Gasteiger partial charge is 0.306 e. The van der Waals surface area contributed by atoms with Crippen molar-refractivity contribution < 1.29 is 28.6 Å². The molecule has 0 N–H and O–H groups in total. The second-order valence-corrected chi connectivity index (χ2v) is 16.7. The molecule has 0 aliphatic rings. The van der Waals surface area contributed by atoms with Gasteiger partial charge in [0.05, 0.1) is 0 Å². The Morgan fingerprint density at radius 1 is 0.308 bits per heavy atom. The first kappa shape index (κ1) is 60.8. The van der Waals surface area contributed by atoms with Crippen molar-refractivity contribution in [2.75, 3.05) is 13.2 Å². The van der Waals surface area contributed by atoms with Crippen LogP contribution in [0.3, 0.4) is 0 Å². The van der Waals surface area contributed by atoms with Crippen LogP contribution in [0.15, 0.2) is 122 Å². The fraction of sp³-hybridized carbons (Fsp3) is 0.610. The zero-order valence-electron chi connectivity index (χ0n) is 41.7. The van der Waals surface area contributed by atoms with Gasteiger partial charge in [-0.3, -0.25) is 14.4 Å². The lowest BCUT2D eigenvalue weighted by Gasteiger charge is -2.18. The molecule has 65 heavy (non-hydrogen) atoms. The fourth-order valence-corrected chi connectivity index (χ4v) is 6.45. The number of hydrogen-bond acceptors (Lipinski definition) is 6. The van der Waals surface area contributed by atoms with Crippen LogP contribution in [0.1, 0.15) is 213 Å². The number of ether oxygens (including phenoxy) is 3. The molecule has 0 atom stereocenters. The van der Waals surface area contributed by atoms with E-state index in [0.717, 1.165) is 77.0 Å². The first-order valence-electron chi connectivity index (χ1n) is 26.0. The number of carbonyl (C=O) groups excluding carboxylic acids is 3. The minimum absolute atomic E-state index is 0.135. The second-order valence-electron chi connectivity index (χ2n) is 16.7. The fourth-order valence-electron chi connectivity index (χ4n) is 6.45. The molecule has 6 nitrogen and oxygen atoms in total. The Bertz CT molecular complexity index is 1340. The van der Waals surface area contributed by atoms with Crippen LogP contribution in [-0.2, 0) is 28.6 Å². The van der Waals surface area contributed by atoms with E-state index in [2.05, 4.69) is 142 Å². The maximum Gasteiger partial charge on any atom is 0.306 e. The highest BCUT2D eigenvalue weighted by atomic mass is 16.6. The highest BCUT2D eigenvalue weighted by Gasteiger charge is 2.19. The molecule has 0 unspecified atom stereocenters.